The number of nitrogens with zero attached hydrogens (tertiary/aromatic N) is 1. The maximum atomic E-state index is 12.5. The molecule has 14 heavy (non-hydrogen) atoms. The van der Waals surface area contributed by atoms with Gasteiger partial charge in [0.15, 0.2) is 0 Å². The largest absolute Gasteiger partial charge is 0.390 e. The van der Waals surface area contributed by atoms with E-state index < -0.39 is 25.1 Å². The third-order valence-electron chi connectivity index (χ3n) is 2.12. The van der Waals surface area contributed by atoms with E-state index in [1.54, 1.807) is 0 Å². The van der Waals surface area contributed by atoms with Crippen LogP contribution in [0.2, 0.25) is 0 Å². The molecule has 0 spiro atoms. The zero-order valence-electron chi connectivity index (χ0n) is 7.80. The van der Waals surface area contributed by atoms with E-state index in [4.69, 9.17) is 5.11 Å². The number of carbonyl (C=O) groups excluding carboxylic acids is 1. The van der Waals surface area contributed by atoms with E-state index in [1.165, 1.54) is 4.90 Å². The number of aliphatic hydroxyl groups excluding tert-OH is 1. The van der Waals surface area contributed by atoms with Crippen molar-refractivity contribution in [3.8, 4) is 0 Å². The van der Waals surface area contributed by atoms with Gasteiger partial charge in [-0.25, -0.2) is 13.6 Å². The Morgan fingerprint density at radius 3 is 2.50 bits per heavy atom. The first kappa shape index (κ1) is 11.2. The predicted molar refractivity (Wildman–Crippen MR) is 46.2 cm³/mol. The van der Waals surface area contributed by atoms with Crippen molar-refractivity contribution in [2.75, 3.05) is 26.2 Å². The Bertz CT molecular complexity index is 206. The Kier molecular flexibility index (Phi) is 3.62. The van der Waals surface area contributed by atoms with Crippen LogP contribution in [-0.2, 0) is 0 Å². The van der Waals surface area contributed by atoms with Gasteiger partial charge in [-0.1, -0.05) is 0 Å². The van der Waals surface area contributed by atoms with E-state index in [2.05, 4.69) is 5.32 Å². The second-order valence-electron chi connectivity index (χ2n) is 3.37. The van der Waals surface area contributed by atoms with Crippen LogP contribution in [-0.4, -0.2) is 48.2 Å². The highest BCUT2D eigenvalue weighted by Gasteiger charge is 2.29. The number of rotatable bonds is 3. The number of alkyl halides is 2. The second kappa shape index (κ2) is 4.54. The molecule has 6 heteroatoms. The van der Waals surface area contributed by atoms with E-state index in [9.17, 15) is 13.6 Å². The summed E-state index contributed by atoms with van der Waals surface area (Å²) in [6, 6.07) is -0.476. The van der Waals surface area contributed by atoms with Gasteiger partial charge in [0.1, 0.15) is 6.61 Å². The van der Waals surface area contributed by atoms with E-state index in [-0.39, 0.29) is 0 Å². The summed E-state index contributed by atoms with van der Waals surface area (Å²) >= 11 is 0. The van der Waals surface area contributed by atoms with Crippen LogP contribution >= 0.6 is 0 Å². The van der Waals surface area contributed by atoms with Crippen molar-refractivity contribution in [2.45, 2.75) is 18.8 Å². The number of hydrogen-bond acceptors (Lipinski definition) is 2. The highest BCUT2D eigenvalue weighted by Crippen LogP contribution is 2.11. The summed E-state index contributed by atoms with van der Waals surface area (Å²) in [5, 5.41) is 10.4. The minimum absolute atomic E-state index is 0.476. The highest BCUT2D eigenvalue weighted by atomic mass is 19.3. The molecule has 4 nitrogen and oxygen atoms in total. The fourth-order valence-corrected chi connectivity index (χ4v) is 1.29. The van der Waals surface area contributed by atoms with Crippen molar-refractivity contribution in [3.63, 3.8) is 0 Å². The molecule has 1 aliphatic heterocycles. The number of likely N-dealkylation sites (tertiary alicyclic amines) is 1. The Morgan fingerprint density at radius 1 is 1.43 bits per heavy atom. The van der Waals surface area contributed by atoms with Gasteiger partial charge < -0.3 is 15.3 Å². The SMILES string of the molecule is O=C(NCC(F)(F)CO)N1CCCC1. The van der Waals surface area contributed by atoms with E-state index in [1.807, 2.05) is 0 Å². The van der Waals surface area contributed by atoms with Crippen LogP contribution in [0, 0.1) is 0 Å². The summed E-state index contributed by atoms with van der Waals surface area (Å²) in [5.74, 6) is -3.23. The summed E-state index contributed by atoms with van der Waals surface area (Å²) in [7, 11) is 0. The molecule has 0 aromatic heterocycles. The lowest BCUT2D eigenvalue weighted by molar-refractivity contribution is -0.0459. The van der Waals surface area contributed by atoms with Crippen molar-refractivity contribution >= 4 is 6.03 Å². The fraction of sp³-hybridized carbons (Fsp3) is 0.875. The minimum atomic E-state index is -3.23. The number of urea groups is 1. The molecule has 1 rings (SSSR count). The highest BCUT2D eigenvalue weighted by molar-refractivity contribution is 5.74. The normalized spacial score (nSPS) is 17.2. The number of amides is 2. The lowest BCUT2D eigenvalue weighted by Gasteiger charge is -2.19. The van der Waals surface area contributed by atoms with Gasteiger partial charge in [-0.2, -0.15) is 0 Å². The van der Waals surface area contributed by atoms with Crippen LogP contribution < -0.4 is 5.32 Å². The Morgan fingerprint density at radius 2 is 2.00 bits per heavy atom. The summed E-state index contributed by atoms with van der Waals surface area (Å²) in [6.07, 6.45) is 1.84. The van der Waals surface area contributed by atoms with Gasteiger partial charge in [0, 0.05) is 13.1 Å². The van der Waals surface area contributed by atoms with Gasteiger partial charge in [-0.05, 0) is 12.8 Å². The maximum Gasteiger partial charge on any atom is 0.317 e. The number of halogens is 2. The average Bonchev–Trinajstić information content (AvgIpc) is 2.67. The predicted octanol–water partition coefficient (Wildman–Crippen LogP) is 0.419. The van der Waals surface area contributed by atoms with Crippen molar-refractivity contribution < 1.29 is 18.7 Å². The first-order chi connectivity index (χ1) is 6.55. The zero-order valence-corrected chi connectivity index (χ0v) is 7.80. The first-order valence-electron chi connectivity index (χ1n) is 4.57. The summed E-state index contributed by atoms with van der Waals surface area (Å²) in [4.78, 5) is 12.7. The first-order valence-corrected chi connectivity index (χ1v) is 4.57. The van der Waals surface area contributed by atoms with Crippen LogP contribution in [0.3, 0.4) is 0 Å². The Hall–Kier alpha value is -0.910. The molecule has 0 aliphatic carbocycles. The topological polar surface area (TPSA) is 52.6 Å². The number of aliphatic hydroxyl groups is 1. The third kappa shape index (κ3) is 3.10. The van der Waals surface area contributed by atoms with Gasteiger partial charge in [0.25, 0.3) is 5.92 Å². The van der Waals surface area contributed by atoms with Gasteiger partial charge in [-0.15, -0.1) is 0 Å². The second-order valence-corrected chi connectivity index (χ2v) is 3.37. The molecule has 0 radical (unpaired) electrons. The van der Waals surface area contributed by atoms with Crippen LogP contribution in [0.4, 0.5) is 13.6 Å². The molecule has 0 atom stereocenters. The van der Waals surface area contributed by atoms with E-state index in [0.717, 1.165) is 12.8 Å². The van der Waals surface area contributed by atoms with Crippen molar-refractivity contribution in [2.24, 2.45) is 0 Å². The average molecular weight is 208 g/mol. The summed E-state index contributed by atoms with van der Waals surface area (Å²) in [5.41, 5.74) is 0. The van der Waals surface area contributed by atoms with Crippen molar-refractivity contribution in [1.82, 2.24) is 10.2 Å². The molecule has 0 aromatic carbocycles. The molecule has 0 saturated carbocycles. The molecule has 2 N–H and O–H groups in total. The quantitative estimate of drug-likeness (QED) is 0.706. The number of hydrogen-bond donors (Lipinski definition) is 2. The zero-order chi connectivity index (χ0) is 10.6. The van der Waals surface area contributed by atoms with Gasteiger partial charge in [0.2, 0.25) is 0 Å². The Balaban J connectivity index is 2.27. The Labute approximate surface area is 80.9 Å². The lowest BCUT2D eigenvalue weighted by atomic mass is 10.3. The summed E-state index contributed by atoms with van der Waals surface area (Å²) < 4.78 is 25.0. The molecule has 2 amide bonds. The fourth-order valence-electron chi connectivity index (χ4n) is 1.29. The monoisotopic (exact) mass is 208 g/mol. The van der Waals surface area contributed by atoms with Gasteiger partial charge in [0.05, 0.1) is 6.54 Å². The molecule has 1 fully saturated rings. The molecule has 0 unspecified atom stereocenters. The lowest BCUT2D eigenvalue weighted by Crippen LogP contribution is -2.44. The van der Waals surface area contributed by atoms with E-state index >= 15 is 0 Å². The standard InChI is InChI=1S/C8H14F2N2O2/c9-8(10,6-13)5-11-7(14)12-3-1-2-4-12/h13H,1-6H2,(H,11,14). The van der Waals surface area contributed by atoms with Gasteiger partial charge in [-0.3, -0.25) is 0 Å². The van der Waals surface area contributed by atoms with Crippen molar-refractivity contribution in [1.29, 1.82) is 0 Å². The van der Waals surface area contributed by atoms with Crippen molar-refractivity contribution in [3.05, 3.63) is 0 Å². The van der Waals surface area contributed by atoms with E-state index in [0.29, 0.717) is 13.1 Å². The van der Waals surface area contributed by atoms with Crippen LogP contribution in [0.25, 0.3) is 0 Å². The smallest absolute Gasteiger partial charge is 0.317 e. The number of carbonyl (C=O) groups is 1. The van der Waals surface area contributed by atoms with Crippen LogP contribution in [0.5, 0.6) is 0 Å². The van der Waals surface area contributed by atoms with Gasteiger partial charge >= 0.3 is 6.03 Å². The molecule has 1 saturated heterocycles. The number of nitrogens with one attached hydrogen (secondary N) is 1. The minimum Gasteiger partial charge on any atom is -0.390 e. The van der Waals surface area contributed by atoms with Crippen LogP contribution in [0.15, 0.2) is 0 Å². The van der Waals surface area contributed by atoms with Crippen LogP contribution in [0.1, 0.15) is 12.8 Å². The summed E-state index contributed by atoms with van der Waals surface area (Å²) in [6.45, 7) is -0.806. The molecule has 1 aliphatic rings. The molecular formula is C8H14F2N2O2. The molecule has 82 valence electrons. The molecule has 0 bridgehead atoms. The third-order valence-corrected chi connectivity index (χ3v) is 2.12. The maximum absolute atomic E-state index is 12.5. The molecule has 1 heterocycles. The molecular weight excluding hydrogens is 194 g/mol. The molecule has 0 aromatic rings.